The smallest absolute Gasteiger partial charge is 0.128 e. The molecule has 2 aromatic rings. The maximum absolute atomic E-state index is 4.54. The summed E-state index contributed by atoms with van der Waals surface area (Å²) < 4.78 is 0. The molecule has 0 bridgehead atoms. The van der Waals surface area contributed by atoms with Crippen LogP contribution >= 0.6 is 0 Å². The number of pyridine rings is 1. The number of aromatic nitrogens is 1. The van der Waals surface area contributed by atoms with Crippen LogP contribution in [-0.4, -0.2) is 18.1 Å². The summed E-state index contributed by atoms with van der Waals surface area (Å²) in [4.78, 5) is 6.78. The fraction of sp³-hybridized carbons (Fsp3) is 0.389. The van der Waals surface area contributed by atoms with Crippen molar-refractivity contribution in [2.45, 2.75) is 34.2 Å². The van der Waals surface area contributed by atoms with E-state index in [1.54, 1.807) is 0 Å². The van der Waals surface area contributed by atoms with Crippen molar-refractivity contribution in [1.82, 2.24) is 4.98 Å². The summed E-state index contributed by atoms with van der Waals surface area (Å²) in [7, 11) is 0. The van der Waals surface area contributed by atoms with Gasteiger partial charge in [-0.05, 0) is 56.5 Å². The Morgan fingerprint density at radius 1 is 1.05 bits per heavy atom. The Kier molecular flexibility index (Phi) is 5.20. The van der Waals surface area contributed by atoms with Crippen molar-refractivity contribution in [2.24, 2.45) is 0 Å². The van der Waals surface area contributed by atoms with E-state index < -0.39 is 0 Å². The molecule has 0 aliphatic heterocycles. The van der Waals surface area contributed by atoms with Gasteiger partial charge in [0.2, 0.25) is 0 Å². The first kappa shape index (κ1) is 15.4. The zero-order valence-corrected chi connectivity index (χ0v) is 13.5. The molecule has 0 fully saturated rings. The first-order valence-corrected chi connectivity index (χ1v) is 7.65. The van der Waals surface area contributed by atoms with Crippen LogP contribution in [0.15, 0.2) is 36.5 Å². The number of aryl methyl sites for hydroxylation is 1. The topological polar surface area (TPSA) is 28.2 Å². The third-order valence-electron chi connectivity index (χ3n) is 4.04. The molecule has 3 nitrogen and oxygen atoms in total. The minimum atomic E-state index is 0.833. The Bertz CT molecular complexity index is 572. The lowest BCUT2D eigenvalue weighted by atomic mass is 10.0. The van der Waals surface area contributed by atoms with Crippen molar-refractivity contribution in [3.8, 4) is 0 Å². The Balaban J connectivity index is 2.02. The maximum Gasteiger partial charge on any atom is 0.128 e. The molecule has 3 heteroatoms. The van der Waals surface area contributed by atoms with Gasteiger partial charge in [0.15, 0.2) is 0 Å². The van der Waals surface area contributed by atoms with Gasteiger partial charge in [-0.1, -0.05) is 18.2 Å². The summed E-state index contributed by atoms with van der Waals surface area (Å²) in [6.45, 7) is 11.4. The molecule has 0 unspecified atom stereocenters. The van der Waals surface area contributed by atoms with Gasteiger partial charge in [-0.3, -0.25) is 0 Å². The van der Waals surface area contributed by atoms with Crippen molar-refractivity contribution >= 4 is 11.5 Å². The molecule has 1 aromatic heterocycles. The molecule has 1 heterocycles. The van der Waals surface area contributed by atoms with Crippen LogP contribution < -0.4 is 10.2 Å². The van der Waals surface area contributed by atoms with Crippen molar-refractivity contribution in [1.29, 1.82) is 0 Å². The third kappa shape index (κ3) is 3.75. The quantitative estimate of drug-likeness (QED) is 0.863. The number of hydrogen-bond donors (Lipinski definition) is 1. The highest BCUT2D eigenvalue weighted by atomic mass is 15.2. The molecule has 0 aliphatic carbocycles. The van der Waals surface area contributed by atoms with Gasteiger partial charge in [0.05, 0.1) is 11.9 Å². The summed E-state index contributed by atoms with van der Waals surface area (Å²) in [5.41, 5.74) is 5.09. The van der Waals surface area contributed by atoms with Crippen LogP contribution in [-0.2, 0) is 6.54 Å². The molecule has 21 heavy (non-hydrogen) atoms. The van der Waals surface area contributed by atoms with Crippen molar-refractivity contribution in [2.75, 3.05) is 23.3 Å². The van der Waals surface area contributed by atoms with Crippen LogP contribution in [0.2, 0.25) is 0 Å². The summed E-state index contributed by atoms with van der Waals surface area (Å²) in [5, 5.41) is 3.45. The van der Waals surface area contributed by atoms with Gasteiger partial charge in [-0.15, -0.1) is 0 Å². The SMILES string of the molecule is CCN(CC)c1ccc(NCc2cccc(C)c2C)cn1. The summed E-state index contributed by atoms with van der Waals surface area (Å²) in [6, 6.07) is 10.6. The average molecular weight is 283 g/mol. The number of nitrogens with one attached hydrogen (secondary N) is 1. The predicted molar refractivity (Wildman–Crippen MR) is 91.0 cm³/mol. The van der Waals surface area contributed by atoms with E-state index in [1.165, 1.54) is 16.7 Å². The van der Waals surface area contributed by atoms with E-state index >= 15 is 0 Å². The molecule has 0 aliphatic rings. The van der Waals surface area contributed by atoms with E-state index in [1.807, 2.05) is 6.20 Å². The largest absolute Gasteiger partial charge is 0.380 e. The van der Waals surface area contributed by atoms with E-state index in [0.29, 0.717) is 0 Å². The Labute approximate surface area is 128 Å². The molecule has 0 atom stereocenters. The lowest BCUT2D eigenvalue weighted by molar-refractivity contribution is 0.846. The number of nitrogens with zero attached hydrogens (tertiary/aromatic N) is 2. The third-order valence-corrected chi connectivity index (χ3v) is 4.04. The average Bonchev–Trinajstić information content (AvgIpc) is 2.51. The van der Waals surface area contributed by atoms with Gasteiger partial charge < -0.3 is 10.2 Å². The van der Waals surface area contributed by atoms with Gasteiger partial charge >= 0.3 is 0 Å². The van der Waals surface area contributed by atoms with Gasteiger partial charge in [0, 0.05) is 19.6 Å². The highest BCUT2D eigenvalue weighted by Crippen LogP contribution is 2.17. The predicted octanol–water partition coefficient (Wildman–Crippen LogP) is 4.16. The highest BCUT2D eigenvalue weighted by molar-refractivity contribution is 5.49. The monoisotopic (exact) mass is 283 g/mol. The number of rotatable bonds is 6. The van der Waals surface area contributed by atoms with E-state index in [9.17, 15) is 0 Å². The Morgan fingerprint density at radius 2 is 1.81 bits per heavy atom. The molecule has 0 saturated heterocycles. The van der Waals surface area contributed by atoms with Crippen LogP contribution in [0.25, 0.3) is 0 Å². The van der Waals surface area contributed by atoms with Crippen molar-refractivity contribution < 1.29 is 0 Å². The normalized spacial score (nSPS) is 10.5. The molecule has 1 N–H and O–H groups in total. The van der Waals surface area contributed by atoms with E-state index in [4.69, 9.17) is 0 Å². The summed E-state index contributed by atoms with van der Waals surface area (Å²) in [6.07, 6.45) is 1.92. The molecular weight excluding hydrogens is 258 g/mol. The van der Waals surface area contributed by atoms with Gasteiger partial charge in [0.25, 0.3) is 0 Å². The van der Waals surface area contributed by atoms with Crippen LogP contribution in [0.1, 0.15) is 30.5 Å². The Morgan fingerprint density at radius 3 is 2.43 bits per heavy atom. The van der Waals surface area contributed by atoms with Gasteiger partial charge in [-0.2, -0.15) is 0 Å². The molecule has 2 rings (SSSR count). The molecular formula is C18H25N3. The number of anilines is 2. The standard InChI is InChI=1S/C18H25N3/c1-5-21(6-2)18-11-10-17(13-20-18)19-12-16-9-7-8-14(3)15(16)4/h7-11,13,19H,5-6,12H2,1-4H3. The summed E-state index contributed by atoms with van der Waals surface area (Å²) >= 11 is 0. The zero-order chi connectivity index (χ0) is 15.2. The Hall–Kier alpha value is -2.03. The fourth-order valence-electron chi connectivity index (χ4n) is 2.43. The minimum absolute atomic E-state index is 0.833. The van der Waals surface area contributed by atoms with E-state index in [0.717, 1.165) is 31.1 Å². The number of benzene rings is 1. The zero-order valence-electron chi connectivity index (χ0n) is 13.5. The van der Waals surface area contributed by atoms with Crippen LogP contribution in [0.4, 0.5) is 11.5 Å². The van der Waals surface area contributed by atoms with Crippen LogP contribution in [0, 0.1) is 13.8 Å². The highest BCUT2D eigenvalue weighted by Gasteiger charge is 2.04. The van der Waals surface area contributed by atoms with Gasteiger partial charge in [0.1, 0.15) is 5.82 Å². The first-order chi connectivity index (χ1) is 10.2. The van der Waals surface area contributed by atoms with E-state index in [2.05, 4.69) is 73.2 Å². The summed E-state index contributed by atoms with van der Waals surface area (Å²) in [5.74, 6) is 1.04. The number of hydrogen-bond acceptors (Lipinski definition) is 3. The van der Waals surface area contributed by atoms with Gasteiger partial charge in [-0.25, -0.2) is 4.98 Å². The molecule has 0 radical (unpaired) electrons. The molecule has 0 amide bonds. The van der Waals surface area contributed by atoms with E-state index in [-0.39, 0.29) is 0 Å². The maximum atomic E-state index is 4.54. The second-order valence-corrected chi connectivity index (χ2v) is 5.29. The second-order valence-electron chi connectivity index (χ2n) is 5.29. The van der Waals surface area contributed by atoms with Crippen LogP contribution in [0.5, 0.6) is 0 Å². The molecule has 112 valence electrons. The molecule has 1 aromatic carbocycles. The van der Waals surface area contributed by atoms with Crippen molar-refractivity contribution in [3.05, 3.63) is 53.2 Å². The lowest BCUT2D eigenvalue weighted by Crippen LogP contribution is -2.22. The van der Waals surface area contributed by atoms with Crippen LogP contribution in [0.3, 0.4) is 0 Å². The molecule has 0 spiro atoms. The minimum Gasteiger partial charge on any atom is -0.380 e. The molecule has 0 saturated carbocycles. The fourth-order valence-corrected chi connectivity index (χ4v) is 2.43. The first-order valence-electron chi connectivity index (χ1n) is 7.65. The lowest BCUT2D eigenvalue weighted by Gasteiger charge is -2.19. The second kappa shape index (κ2) is 7.11. The van der Waals surface area contributed by atoms with Crippen molar-refractivity contribution in [3.63, 3.8) is 0 Å².